The minimum Gasteiger partial charge on any atom is -0.490 e. The SMILES string of the molecule is CC(C)Oc1cc2c(OC[C@@H]3CC(F)(F)C(=O)N3)ncc(-c3cnn(C4CCCC4)c3)c2cc1C(N)=O. The third kappa shape index (κ3) is 4.94. The van der Waals surface area contributed by atoms with Crippen LogP contribution in [0.1, 0.15) is 62.4 Å². The molecule has 1 atom stereocenters. The molecule has 2 fully saturated rings. The number of halogens is 2. The number of nitrogens with two attached hydrogens (primary N) is 1. The van der Waals surface area contributed by atoms with E-state index in [0.717, 1.165) is 18.4 Å². The van der Waals surface area contributed by atoms with Gasteiger partial charge in [-0.2, -0.15) is 13.9 Å². The minimum absolute atomic E-state index is 0.163. The van der Waals surface area contributed by atoms with Gasteiger partial charge in [-0.15, -0.1) is 0 Å². The summed E-state index contributed by atoms with van der Waals surface area (Å²) in [6.45, 7) is 3.45. The molecule has 3 heterocycles. The van der Waals surface area contributed by atoms with Gasteiger partial charge in [0.1, 0.15) is 12.4 Å². The smallest absolute Gasteiger partial charge is 0.326 e. The zero-order chi connectivity index (χ0) is 26.3. The van der Waals surface area contributed by atoms with Gasteiger partial charge in [-0.3, -0.25) is 14.3 Å². The first-order valence-corrected chi connectivity index (χ1v) is 12.4. The van der Waals surface area contributed by atoms with Crippen molar-refractivity contribution in [1.82, 2.24) is 20.1 Å². The van der Waals surface area contributed by atoms with Crippen molar-refractivity contribution in [3.63, 3.8) is 0 Å². The molecular weight excluding hydrogens is 484 g/mol. The van der Waals surface area contributed by atoms with Crippen molar-refractivity contribution >= 4 is 22.6 Å². The summed E-state index contributed by atoms with van der Waals surface area (Å²) < 4.78 is 41.0. The first-order chi connectivity index (χ1) is 17.6. The molecule has 1 aliphatic heterocycles. The average Bonchev–Trinajstić information content (AvgIpc) is 3.57. The Morgan fingerprint density at radius 2 is 2.00 bits per heavy atom. The lowest BCUT2D eigenvalue weighted by atomic mass is 9.99. The highest BCUT2D eigenvalue weighted by atomic mass is 19.3. The van der Waals surface area contributed by atoms with Gasteiger partial charge in [-0.1, -0.05) is 12.8 Å². The number of hydrogen-bond donors (Lipinski definition) is 2. The van der Waals surface area contributed by atoms with Crippen molar-refractivity contribution in [2.45, 2.75) is 70.1 Å². The lowest BCUT2D eigenvalue weighted by Crippen LogP contribution is -2.33. The third-order valence-corrected chi connectivity index (χ3v) is 6.78. The van der Waals surface area contributed by atoms with Crippen molar-refractivity contribution in [3.05, 3.63) is 36.3 Å². The average molecular weight is 514 g/mol. The van der Waals surface area contributed by atoms with E-state index in [1.165, 1.54) is 12.8 Å². The van der Waals surface area contributed by atoms with Crippen molar-refractivity contribution in [2.75, 3.05) is 6.61 Å². The van der Waals surface area contributed by atoms with E-state index in [4.69, 9.17) is 15.2 Å². The standard InChI is InChI=1S/C26H29F2N5O4/c1-14(2)37-22-8-19-18(7-20(22)23(29)34)21(15-10-31-33(12-15)17-5-3-4-6-17)11-30-24(19)36-13-16-9-26(27,28)25(35)32-16/h7-8,10-12,14,16-17H,3-6,9,13H2,1-2H3,(H2,29,34)(H,32,35)/t16-/m0/s1. The van der Waals surface area contributed by atoms with Gasteiger partial charge < -0.3 is 20.5 Å². The molecule has 2 amide bonds. The number of hydrogen-bond acceptors (Lipinski definition) is 6. The zero-order valence-electron chi connectivity index (χ0n) is 20.7. The Labute approximate surface area is 212 Å². The topological polar surface area (TPSA) is 121 Å². The van der Waals surface area contributed by atoms with Crippen molar-refractivity contribution in [3.8, 4) is 22.8 Å². The van der Waals surface area contributed by atoms with Crippen LogP contribution >= 0.6 is 0 Å². The van der Waals surface area contributed by atoms with E-state index >= 15 is 0 Å². The molecule has 0 radical (unpaired) electrons. The highest BCUT2D eigenvalue weighted by Gasteiger charge is 2.48. The summed E-state index contributed by atoms with van der Waals surface area (Å²) in [6, 6.07) is 2.75. The van der Waals surface area contributed by atoms with E-state index in [2.05, 4.69) is 15.4 Å². The van der Waals surface area contributed by atoms with Gasteiger partial charge in [0.15, 0.2) is 0 Å². The fourth-order valence-electron chi connectivity index (χ4n) is 5.00. The van der Waals surface area contributed by atoms with Crippen LogP contribution < -0.4 is 20.5 Å². The minimum atomic E-state index is -3.43. The van der Waals surface area contributed by atoms with Crippen LogP contribution in [0.4, 0.5) is 8.78 Å². The molecular formula is C26H29F2N5O4. The Kier molecular flexibility index (Phi) is 6.47. The number of ether oxygens (including phenoxy) is 2. The number of nitrogens with zero attached hydrogens (tertiary/aromatic N) is 3. The van der Waals surface area contributed by atoms with Crippen LogP contribution in [0.5, 0.6) is 11.6 Å². The van der Waals surface area contributed by atoms with Crippen molar-refractivity contribution in [2.24, 2.45) is 5.73 Å². The number of primary amides is 1. The van der Waals surface area contributed by atoms with Gasteiger partial charge in [0.05, 0.1) is 29.9 Å². The van der Waals surface area contributed by atoms with Crippen molar-refractivity contribution < 1.29 is 27.8 Å². The molecule has 2 aliphatic rings. The van der Waals surface area contributed by atoms with E-state index in [1.807, 2.05) is 24.7 Å². The number of carbonyl (C=O) groups is 2. The van der Waals surface area contributed by atoms with Crippen molar-refractivity contribution in [1.29, 1.82) is 0 Å². The number of fused-ring (bicyclic) bond motifs is 1. The number of rotatable bonds is 8. The number of carbonyl (C=O) groups excluding carboxylic acids is 2. The number of alkyl halides is 2. The Hall–Kier alpha value is -3.76. The molecule has 37 heavy (non-hydrogen) atoms. The number of pyridine rings is 1. The lowest BCUT2D eigenvalue weighted by Gasteiger charge is -2.18. The maximum Gasteiger partial charge on any atom is 0.326 e. The summed E-state index contributed by atoms with van der Waals surface area (Å²) in [5.41, 5.74) is 7.41. The maximum atomic E-state index is 13.7. The van der Waals surface area contributed by atoms with E-state index in [-0.39, 0.29) is 29.9 Å². The molecule has 1 aliphatic carbocycles. The predicted molar refractivity (Wildman–Crippen MR) is 132 cm³/mol. The number of aromatic nitrogens is 3. The molecule has 3 N–H and O–H groups in total. The van der Waals surface area contributed by atoms with E-state index in [1.54, 1.807) is 24.5 Å². The second-order valence-corrected chi connectivity index (χ2v) is 9.94. The van der Waals surface area contributed by atoms with Crippen LogP contribution in [-0.2, 0) is 4.79 Å². The monoisotopic (exact) mass is 513 g/mol. The van der Waals surface area contributed by atoms with Crippen LogP contribution in [0.15, 0.2) is 30.7 Å². The van der Waals surface area contributed by atoms with Gasteiger partial charge >= 0.3 is 5.92 Å². The Morgan fingerprint density at radius 3 is 2.65 bits per heavy atom. The molecule has 0 bridgehead atoms. The summed E-state index contributed by atoms with van der Waals surface area (Å²) in [4.78, 5) is 28.3. The van der Waals surface area contributed by atoms with Gasteiger partial charge in [0.2, 0.25) is 5.88 Å². The van der Waals surface area contributed by atoms with Gasteiger partial charge in [-0.25, -0.2) is 4.98 Å². The summed E-state index contributed by atoms with van der Waals surface area (Å²) >= 11 is 0. The van der Waals surface area contributed by atoms with Crippen LogP contribution in [-0.4, -0.2) is 51.3 Å². The largest absolute Gasteiger partial charge is 0.490 e. The molecule has 0 unspecified atom stereocenters. The molecule has 1 saturated heterocycles. The molecule has 0 spiro atoms. The maximum absolute atomic E-state index is 13.7. The summed E-state index contributed by atoms with van der Waals surface area (Å²) in [6.07, 6.45) is 8.92. The van der Waals surface area contributed by atoms with E-state index in [9.17, 15) is 18.4 Å². The number of amides is 2. The molecule has 196 valence electrons. The predicted octanol–water partition coefficient (Wildman–Crippen LogP) is 4.00. The van der Waals surface area contributed by atoms with Gasteiger partial charge in [0, 0.05) is 35.3 Å². The van der Waals surface area contributed by atoms with Crippen LogP contribution in [0.25, 0.3) is 21.9 Å². The van der Waals surface area contributed by atoms with Gasteiger partial charge in [0.25, 0.3) is 11.8 Å². The van der Waals surface area contributed by atoms with Crippen LogP contribution in [0.3, 0.4) is 0 Å². The second-order valence-electron chi connectivity index (χ2n) is 9.94. The highest BCUT2D eigenvalue weighted by Crippen LogP contribution is 2.38. The number of benzene rings is 1. The molecule has 11 heteroatoms. The molecule has 1 aromatic carbocycles. The molecule has 1 saturated carbocycles. The first kappa shape index (κ1) is 24.9. The Bertz CT molecular complexity index is 1350. The first-order valence-electron chi connectivity index (χ1n) is 12.4. The fraction of sp³-hybridized carbons (Fsp3) is 0.462. The highest BCUT2D eigenvalue weighted by molar-refractivity contribution is 6.06. The van der Waals surface area contributed by atoms with Crippen LogP contribution in [0, 0.1) is 0 Å². The summed E-state index contributed by atoms with van der Waals surface area (Å²) in [5.74, 6) is -4.97. The lowest BCUT2D eigenvalue weighted by molar-refractivity contribution is -0.139. The van der Waals surface area contributed by atoms with E-state index < -0.39 is 30.2 Å². The zero-order valence-corrected chi connectivity index (χ0v) is 20.7. The Balaban J connectivity index is 1.56. The quantitative estimate of drug-likeness (QED) is 0.470. The second kappa shape index (κ2) is 9.60. The van der Waals surface area contributed by atoms with E-state index in [0.29, 0.717) is 22.4 Å². The fourth-order valence-corrected chi connectivity index (χ4v) is 5.00. The third-order valence-electron chi connectivity index (χ3n) is 6.78. The summed E-state index contributed by atoms with van der Waals surface area (Å²) in [5, 5.41) is 7.95. The normalized spacial score (nSPS) is 19.5. The molecule has 2 aromatic heterocycles. The summed E-state index contributed by atoms with van der Waals surface area (Å²) in [7, 11) is 0. The Morgan fingerprint density at radius 1 is 1.24 bits per heavy atom. The molecule has 5 rings (SSSR count). The van der Waals surface area contributed by atoms with Crippen LogP contribution in [0.2, 0.25) is 0 Å². The number of nitrogens with one attached hydrogen (secondary N) is 1. The molecule has 9 nitrogen and oxygen atoms in total. The van der Waals surface area contributed by atoms with Gasteiger partial charge in [-0.05, 0) is 44.2 Å². The molecule has 3 aromatic rings.